The summed E-state index contributed by atoms with van der Waals surface area (Å²) in [5.74, 6) is 1.07. The van der Waals surface area contributed by atoms with Gasteiger partial charge in [0.25, 0.3) is 0 Å². The minimum Gasteiger partial charge on any atom is -0.322 e. The molecule has 21 heavy (non-hydrogen) atoms. The molecule has 120 valence electrons. The lowest BCUT2D eigenvalue weighted by Crippen LogP contribution is -2.54. The van der Waals surface area contributed by atoms with Crippen molar-refractivity contribution in [1.82, 2.24) is 10.2 Å². The Morgan fingerprint density at radius 1 is 1.14 bits per heavy atom. The predicted octanol–water partition coefficient (Wildman–Crippen LogP) is 3.68. The number of carbonyl (C=O) groups is 1. The van der Waals surface area contributed by atoms with Gasteiger partial charge >= 0.3 is 0 Å². The summed E-state index contributed by atoms with van der Waals surface area (Å²) < 4.78 is 0. The van der Waals surface area contributed by atoms with Crippen molar-refractivity contribution < 1.29 is 4.79 Å². The molecule has 2 aliphatic carbocycles. The zero-order valence-electron chi connectivity index (χ0n) is 14.0. The minimum absolute atomic E-state index is 0.0633. The van der Waals surface area contributed by atoms with Crippen LogP contribution in [0.3, 0.4) is 0 Å². The fourth-order valence-electron chi connectivity index (χ4n) is 4.94. The SMILES string of the molecule is CCC1NC(C2CCCC2)N(C2CCCCC2(C)C)C1=O. The normalized spacial score (nSPS) is 37.4. The zero-order chi connectivity index (χ0) is 15.0. The molecular formula is C18H32N2O. The van der Waals surface area contributed by atoms with Crippen LogP contribution in [0, 0.1) is 11.3 Å². The molecule has 1 saturated heterocycles. The Labute approximate surface area is 129 Å². The Morgan fingerprint density at radius 3 is 2.43 bits per heavy atom. The van der Waals surface area contributed by atoms with E-state index >= 15 is 0 Å². The number of rotatable bonds is 3. The van der Waals surface area contributed by atoms with Crippen LogP contribution < -0.4 is 5.32 Å². The van der Waals surface area contributed by atoms with Crippen molar-refractivity contribution in [2.75, 3.05) is 0 Å². The average molecular weight is 292 g/mol. The highest BCUT2D eigenvalue weighted by Crippen LogP contribution is 2.43. The molecule has 0 aromatic carbocycles. The van der Waals surface area contributed by atoms with Crippen molar-refractivity contribution in [2.24, 2.45) is 11.3 Å². The number of amides is 1. The van der Waals surface area contributed by atoms with Crippen LogP contribution in [0.4, 0.5) is 0 Å². The molecule has 1 heterocycles. The lowest BCUT2D eigenvalue weighted by Gasteiger charge is -2.47. The lowest BCUT2D eigenvalue weighted by molar-refractivity contribution is -0.137. The van der Waals surface area contributed by atoms with Gasteiger partial charge in [-0.05, 0) is 43.4 Å². The topological polar surface area (TPSA) is 32.3 Å². The molecule has 0 radical (unpaired) electrons. The van der Waals surface area contributed by atoms with E-state index in [-0.39, 0.29) is 11.5 Å². The van der Waals surface area contributed by atoms with Crippen LogP contribution in [-0.4, -0.2) is 29.1 Å². The summed E-state index contributed by atoms with van der Waals surface area (Å²) in [6, 6.07) is 0.502. The van der Waals surface area contributed by atoms with Gasteiger partial charge < -0.3 is 4.90 Å². The van der Waals surface area contributed by atoms with Gasteiger partial charge in [-0.2, -0.15) is 0 Å². The van der Waals surface area contributed by atoms with E-state index in [2.05, 4.69) is 31.0 Å². The van der Waals surface area contributed by atoms with Crippen molar-refractivity contribution in [2.45, 2.75) is 96.8 Å². The monoisotopic (exact) mass is 292 g/mol. The van der Waals surface area contributed by atoms with Gasteiger partial charge in [-0.3, -0.25) is 10.1 Å². The third-order valence-electron chi connectivity index (χ3n) is 6.27. The second-order valence-corrected chi connectivity index (χ2v) is 8.11. The summed E-state index contributed by atoms with van der Waals surface area (Å²) in [5.41, 5.74) is 0.273. The van der Waals surface area contributed by atoms with E-state index in [1.165, 1.54) is 51.4 Å². The third-order valence-corrected chi connectivity index (χ3v) is 6.27. The first-order chi connectivity index (χ1) is 10.0. The Hall–Kier alpha value is -0.570. The van der Waals surface area contributed by atoms with Gasteiger partial charge in [0, 0.05) is 6.04 Å². The van der Waals surface area contributed by atoms with E-state index in [0.717, 1.165) is 6.42 Å². The molecule has 3 nitrogen and oxygen atoms in total. The van der Waals surface area contributed by atoms with Gasteiger partial charge in [-0.25, -0.2) is 0 Å². The molecule has 0 aromatic rings. The van der Waals surface area contributed by atoms with Crippen molar-refractivity contribution in [1.29, 1.82) is 0 Å². The summed E-state index contributed by atoms with van der Waals surface area (Å²) >= 11 is 0. The molecule has 3 atom stereocenters. The summed E-state index contributed by atoms with van der Waals surface area (Å²) in [4.78, 5) is 15.3. The van der Waals surface area contributed by atoms with Gasteiger partial charge in [0.1, 0.15) is 0 Å². The first kappa shape index (κ1) is 15.3. The predicted molar refractivity (Wildman–Crippen MR) is 85.8 cm³/mol. The molecule has 3 heteroatoms. The van der Waals surface area contributed by atoms with Crippen LogP contribution in [0.2, 0.25) is 0 Å². The molecule has 0 aromatic heterocycles. The first-order valence-electron chi connectivity index (χ1n) is 9.13. The average Bonchev–Trinajstić information content (AvgIpc) is 3.06. The smallest absolute Gasteiger partial charge is 0.241 e. The minimum atomic E-state index is 0.0633. The Morgan fingerprint density at radius 2 is 1.81 bits per heavy atom. The summed E-state index contributed by atoms with van der Waals surface area (Å²) in [5, 5.41) is 3.69. The Bertz CT molecular complexity index is 387. The molecule has 3 aliphatic rings. The molecule has 0 spiro atoms. The Kier molecular flexibility index (Phi) is 4.31. The quantitative estimate of drug-likeness (QED) is 0.860. The maximum atomic E-state index is 13.0. The maximum absolute atomic E-state index is 13.0. The number of hydrogen-bond acceptors (Lipinski definition) is 2. The molecule has 2 saturated carbocycles. The van der Waals surface area contributed by atoms with E-state index < -0.39 is 0 Å². The molecule has 0 bridgehead atoms. The van der Waals surface area contributed by atoms with E-state index in [9.17, 15) is 4.79 Å². The summed E-state index contributed by atoms with van der Waals surface area (Å²) in [6.07, 6.45) is 11.6. The first-order valence-corrected chi connectivity index (χ1v) is 9.13. The van der Waals surface area contributed by atoms with Crippen molar-refractivity contribution >= 4 is 5.91 Å². The van der Waals surface area contributed by atoms with Gasteiger partial charge in [0.05, 0.1) is 12.2 Å². The van der Waals surface area contributed by atoms with Crippen molar-refractivity contribution in [3.63, 3.8) is 0 Å². The molecular weight excluding hydrogens is 260 g/mol. The fourth-order valence-corrected chi connectivity index (χ4v) is 4.94. The van der Waals surface area contributed by atoms with Crippen molar-refractivity contribution in [3.8, 4) is 0 Å². The molecule has 1 N–H and O–H groups in total. The summed E-state index contributed by atoms with van der Waals surface area (Å²) in [7, 11) is 0. The largest absolute Gasteiger partial charge is 0.322 e. The van der Waals surface area contributed by atoms with Crippen LogP contribution in [0.15, 0.2) is 0 Å². The second-order valence-electron chi connectivity index (χ2n) is 8.11. The lowest BCUT2D eigenvalue weighted by atomic mass is 9.72. The van der Waals surface area contributed by atoms with Gasteiger partial charge in [0.15, 0.2) is 0 Å². The van der Waals surface area contributed by atoms with Crippen LogP contribution in [-0.2, 0) is 4.79 Å². The van der Waals surface area contributed by atoms with Crippen LogP contribution in [0.5, 0.6) is 0 Å². The van der Waals surface area contributed by atoms with E-state index in [1.54, 1.807) is 0 Å². The van der Waals surface area contributed by atoms with Gasteiger partial charge in [-0.1, -0.05) is 46.5 Å². The fraction of sp³-hybridized carbons (Fsp3) is 0.944. The molecule has 3 unspecified atom stereocenters. The number of hydrogen-bond donors (Lipinski definition) is 1. The number of nitrogens with zero attached hydrogens (tertiary/aromatic N) is 1. The van der Waals surface area contributed by atoms with E-state index in [0.29, 0.717) is 24.0 Å². The molecule has 3 fully saturated rings. The molecule has 1 amide bonds. The molecule has 3 rings (SSSR count). The zero-order valence-corrected chi connectivity index (χ0v) is 14.0. The third kappa shape index (κ3) is 2.74. The van der Waals surface area contributed by atoms with Crippen LogP contribution in [0.25, 0.3) is 0 Å². The second kappa shape index (κ2) is 5.91. The number of carbonyl (C=O) groups excluding carboxylic acids is 1. The highest BCUT2D eigenvalue weighted by molar-refractivity contribution is 5.84. The van der Waals surface area contributed by atoms with Crippen LogP contribution >= 0.6 is 0 Å². The maximum Gasteiger partial charge on any atom is 0.241 e. The number of nitrogens with one attached hydrogen (secondary N) is 1. The van der Waals surface area contributed by atoms with E-state index in [4.69, 9.17) is 0 Å². The highest BCUT2D eigenvalue weighted by atomic mass is 16.2. The van der Waals surface area contributed by atoms with Gasteiger partial charge in [-0.15, -0.1) is 0 Å². The van der Waals surface area contributed by atoms with Gasteiger partial charge in [0.2, 0.25) is 5.91 Å². The standard InChI is InChI=1S/C18H32N2O/c1-4-14-17(21)20(15-11-7-8-12-18(15,2)3)16(19-14)13-9-5-6-10-13/h13-16,19H,4-12H2,1-3H3. The van der Waals surface area contributed by atoms with E-state index in [1.807, 2.05) is 0 Å². The summed E-state index contributed by atoms with van der Waals surface area (Å²) in [6.45, 7) is 6.88. The Balaban J connectivity index is 1.85. The van der Waals surface area contributed by atoms with Crippen molar-refractivity contribution in [3.05, 3.63) is 0 Å². The van der Waals surface area contributed by atoms with Crippen LogP contribution in [0.1, 0.15) is 78.6 Å². The molecule has 1 aliphatic heterocycles. The highest BCUT2D eigenvalue weighted by Gasteiger charge is 2.49.